The molecular formula is C17H23NO2. The fraction of sp³-hybridized carbons (Fsp3) is 0.412. The summed E-state index contributed by atoms with van der Waals surface area (Å²) in [6.45, 7) is 7.05. The summed E-state index contributed by atoms with van der Waals surface area (Å²) in [6.07, 6.45) is 5.09. The summed E-state index contributed by atoms with van der Waals surface area (Å²) in [5.74, 6) is 1.65. The summed E-state index contributed by atoms with van der Waals surface area (Å²) < 4.78 is 10.9. The predicted octanol–water partition coefficient (Wildman–Crippen LogP) is 3.19. The van der Waals surface area contributed by atoms with E-state index in [1.54, 1.807) is 14.2 Å². The average molecular weight is 273 g/mol. The SMILES string of the molecule is C=C(/C=C\C)C1Cc2ccc(OC)c(OC)c2CN1C. The highest BCUT2D eigenvalue weighted by Gasteiger charge is 2.28. The first-order valence-corrected chi connectivity index (χ1v) is 6.86. The maximum Gasteiger partial charge on any atom is 0.165 e. The number of likely N-dealkylation sites (N-methyl/N-ethyl adjacent to an activating group) is 1. The van der Waals surface area contributed by atoms with Crippen molar-refractivity contribution in [2.45, 2.75) is 25.9 Å². The molecule has 0 fully saturated rings. The summed E-state index contributed by atoms with van der Waals surface area (Å²) in [5.41, 5.74) is 3.69. The van der Waals surface area contributed by atoms with E-state index in [9.17, 15) is 0 Å². The zero-order chi connectivity index (χ0) is 14.7. The van der Waals surface area contributed by atoms with Crippen LogP contribution < -0.4 is 9.47 Å². The standard InChI is InChI=1S/C17H23NO2/c1-6-7-12(2)15-10-13-8-9-16(19-4)17(20-5)14(13)11-18(15)3/h6-9,15H,2,10-11H2,1,3-5H3/b7-6-. The second-order valence-electron chi connectivity index (χ2n) is 5.15. The number of fused-ring (bicyclic) bond motifs is 1. The molecule has 1 heterocycles. The van der Waals surface area contributed by atoms with Gasteiger partial charge in [-0.3, -0.25) is 4.90 Å². The van der Waals surface area contributed by atoms with Crippen LogP contribution in [0.3, 0.4) is 0 Å². The van der Waals surface area contributed by atoms with Crippen molar-refractivity contribution < 1.29 is 9.47 Å². The molecule has 1 aliphatic rings. The zero-order valence-corrected chi connectivity index (χ0v) is 12.8. The maximum absolute atomic E-state index is 5.54. The number of allylic oxidation sites excluding steroid dienone is 1. The third-order valence-electron chi connectivity index (χ3n) is 3.91. The van der Waals surface area contributed by atoms with Crippen LogP contribution in [0.1, 0.15) is 18.1 Å². The van der Waals surface area contributed by atoms with Gasteiger partial charge in [-0.05, 0) is 37.6 Å². The molecule has 0 bridgehead atoms. The Hall–Kier alpha value is -1.74. The number of methoxy groups -OCH3 is 2. The van der Waals surface area contributed by atoms with Gasteiger partial charge in [0, 0.05) is 18.2 Å². The summed E-state index contributed by atoms with van der Waals surface area (Å²) in [5, 5.41) is 0. The van der Waals surface area contributed by atoms with E-state index in [2.05, 4.69) is 30.7 Å². The van der Waals surface area contributed by atoms with Gasteiger partial charge in [-0.2, -0.15) is 0 Å². The van der Waals surface area contributed by atoms with Crippen molar-refractivity contribution >= 4 is 0 Å². The molecule has 0 amide bonds. The molecule has 0 spiro atoms. The van der Waals surface area contributed by atoms with Gasteiger partial charge in [0.15, 0.2) is 11.5 Å². The van der Waals surface area contributed by atoms with Crippen molar-refractivity contribution in [2.75, 3.05) is 21.3 Å². The number of hydrogen-bond donors (Lipinski definition) is 0. The van der Waals surface area contributed by atoms with Crippen molar-refractivity contribution in [3.05, 3.63) is 47.6 Å². The molecule has 108 valence electrons. The Balaban J connectivity index is 2.38. The van der Waals surface area contributed by atoms with Crippen LogP contribution in [0.25, 0.3) is 0 Å². The number of nitrogens with zero attached hydrogens (tertiary/aromatic N) is 1. The maximum atomic E-state index is 5.54. The Morgan fingerprint density at radius 1 is 1.35 bits per heavy atom. The van der Waals surface area contributed by atoms with Crippen molar-refractivity contribution in [1.82, 2.24) is 4.90 Å². The minimum atomic E-state index is 0.344. The van der Waals surface area contributed by atoms with Crippen molar-refractivity contribution in [3.63, 3.8) is 0 Å². The Bertz CT molecular complexity index is 534. The highest BCUT2D eigenvalue weighted by molar-refractivity contribution is 5.52. The Morgan fingerprint density at radius 2 is 2.10 bits per heavy atom. The van der Waals surface area contributed by atoms with E-state index in [1.165, 1.54) is 11.1 Å². The van der Waals surface area contributed by atoms with Gasteiger partial charge in [0.05, 0.1) is 14.2 Å². The van der Waals surface area contributed by atoms with Crippen molar-refractivity contribution in [3.8, 4) is 11.5 Å². The van der Waals surface area contributed by atoms with Gasteiger partial charge in [0.2, 0.25) is 0 Å². The van der Waals surface area contributed by atoms with Gasteiger partial charge in [-0.1, -0.05) is 24.8 Å². The number of benzene rings is 1. The molecule has 1 aliphatic heterocycles. The lowest BCUT2D eigenvalue weighted by atomic mass is 9.89. The van der Waals surface area contributed by atoms with Gasteiger partial charge >= 0.3 is 0 Å². The summed E-state index contributed by atoms with van der Waals surface area (Å²) >= 11 is 0. The van der Waals surface area contributed by atoms with Crippen molar-refractivity contribution in [2.24, 2.45) is 0 Å². The lowest BCUT2D eigenvalue weighted by Gasteiger charge is -2.35. The lowest BCUT2D eigenvalue weighted by Crippen LogP contribution is -2.38. The Kier molecular flexibility index (Phi) is 4.50. The first-order chi connectivity index (χ1) is 9.62. The fourth-order valence-electron chi connectivity index (χ4n) is 2.86. The first kappa shape index (κ1) is 14.7. The highest BCUT2D eigenvalue weighted by Crippen LogP contribution is 2.38. The first-order valence-electron chi connectivity index (χ1n) is 6.86. The van der Waals surface area contributed by atoms with Crippen LogP contribution in [0.15, 0.2) is 36.4 Å². The quantitative estimate of drug-likeness (QED) is 0.786. The van der Waals surface area contributed by atoms with Crippen LogP contribution in [0.4, 0.5) is 0 Å². The zero-order valence-electron chi connectivity index (χ0n) is 12.8. The second kappa shape index (κ2) is 6.14. The topological polar surface area (TPSA) is 21.7 Å². The van der Waals surface area contributed by atoms with E-state index < -0.39 is 0 Å². The van der Waals surface area contributed by atoms with E-state index >= 15 is 0 Å². The molecule has 3 heteroatoms. The van der Waals surface area contributed by atoms with E-state index in [0.29, 0.717) is 6.04 Å². The lowest BCUT2D eigenvalue weighted by molar-refractivity contribution is 0.240. The van der Waals surface area contributed by atoms with E-state index in [1.807, 2.05) is 19.1 Å². The molecule has 0 radical (unpaired) electrons. The fourth-order valence-corrected chi connectivity index (χ4v) is 2.86. The second-order valence-corrected chi connectivity index (χ2v) is 5.15. The molecule has 0 aromatic heterocycles. The number of rotatable bonds is 4. The average Bonchev–Trinajstić information content (AvgIpc) is 2.45. The summed E-state index contributed by atoms with van der Waals surface area (Å²) in [4.78, 5) is 2.31. The van der Waals surface area contributed by atoms with Crippen molar-refractivity contribution in [1.29, 1.82) is 0 Å². The minimum Gasteiger partial charge on any atom is -0.493 e. The molecule has 3 nitrogen and oxygen atoms in total. The van der Waals surface area contributed by atoms with Crippen LogP contribution in [0.5, 0.6) is 11.5 Å². The van der Waals surface area contributed by atoms with Gasteiger partial charge in [0.1, 0.15) is 0 Å². The summed E-state index contributed by atoms with van der Waals surface area (Å²) in [7, 11) is 5.50. The number of hydrogen-bond acceptors (Lipinski definition) is 3. The normalized spacial score (nSPS) is 18.9. The predicted molar refractivity (Wildman–Crippen MR) is 82.5 cm³/mol. The van der Waals surface area contributed by atoms with Crippen LogP contribution in [0.2, 0.25) is 0 Å². The molecular weight excluding hydrogens is 250 g/mol. The molecule has 1 unspecified atom stereocenters. The third kappa shape index (κ3) is 2.59. The Labute approximate surface area is 121 Å². The van der Waals surface area contributed by atoms with Crippen LogP contribution >= 0.6 is 0 Å². The molecule has 0 N–H and O–H groups in total. The molecule has 0 saturated carbocycles. The number of ether oxygens (including phenoxy) is 2. The van der Waals surface area contributed by atoms with E-state index in [4.69, 9.17) is 9.47 Å². The smallest absolute Gasteiger partial charge is 0.165 e. The minimum absolute atomic E-state index is 0.344. The van der Waals surface area contributed by atoms with Crippen LogP contribution in [0, 0.1) is 0 Å². The van der Waals surface area contributed by atoms with Gasteiger partial charge in [-0.25, -0.2) is 0 Å². The largest absolute Gasteiger partial charge is 0.493 e. The third-order valence-corrected chi connectivity index (χ3v) is 3.91. The van der Waals surface area contributed by atoms with Gasteiger partial charge in [0.25, 0.3) is 0 Å². The van der Waals surface area contributed by atoms with Crippen LogP contribution in [-0.2, 0) is 13.0 Å². The molecule has 1 aromatic carbocycles. The molecule has 1 atom stereocenters. The highest BCUT2D eigenvalue weighted by atomic mass is 16.5. The summed E-state index contributed by atoms with van der Waals surface area (Å²) in [6, 6.07) is 4.47. The molecule has 0 aliphatic carbocycles. The Morgan fingerprint density at radius 3 is 2.70 bits per heavy atom. The van der Waals surface area contributed by atoms with Crippen LogP contribution in [-0.4, -0.2) is 32.2 Å². The van der Waals surface area contributed by atoms with E-state index in [-0.39, 0.29) is 0 Å². The van der Waals surface area contributed by atoms with Gasteiger partial charge in [-0.15, -0.1) is 0 Å². The van der Waals surface area contributed by atoms with Gasteiger partial charge < -0.3 is 9.47 Å². The molecule has 1 aromatic rings. The molecule has 2 rings (SSSR count). The molecule has 20 heavy (non-hydrogen) atoms. The van der Waals surface area contributed by atoms with E-state index in [0.717, 1.165) is 30.0 Å². The molecule has 0 saturated heterocycles. The monoisotopic (exact) mass is 273 g/mol.